The number of carboxylic acids is 2. The second kappa shape index (κ2) is 16.6. The van der Waals surface area contributed by atoms with Crippen LogP contribution >= 0.6 is 0 Å². The molecule has 2 amide bonds. The van der Waals surface area contributed by atoms with Crippen LogP contribution in [0.1, 0.15) is 72.9 Å². The Bertz CT molecular complexity index is 1590. The highest BCUT2D eigenvalue weighted by atomic mass is 19.3. The summed E-state index contributed by atoms with van der Waals surface area (Å²) in [6.07, 6.45) is -1.64. The number of nitrogens with zero attached hydrogens (tertiary/aromatic N) is 2. The maximum absolute atomic E-state index is 13.9. The van der Waals surface area contributed by atoms with Crippen molar-refractivity contribution in [1.29, 1.82) is 0 Å². The van der Waals surface area contributed by atoms with E-state index in [-0.39, 0.29) is 32.0 Å². The minimum absolute atomic E-state index is 0.0926. The number of nitrogens with two attached hydrogens (primary N) is 1. The normalized spacial score (nSPS) is 21.0. The van der Waals surface area contributed by atoms with E-state index >= 15 is 0 Å². The Morgan fingerprint density at radius 1 is 0.755 bits per heavy atom. The van der Waals surface area contributed by atoms with Gasteiger partial charge in [0.1, 0.15) is 11.2 Å². The van der Waals surface area contributed by atoms with Crippen LogP contribution in [0.4, 0.5) is 27.2 Å². The molecular weight excluding hydrogens is 702 g/mol. The number of rotatable bonds is 7. The summed E-state index contributed by atoms with van der Waals surface area (Å²) in [4.78, 5) is 48.2. The molecule has 2 aromatic rings. The zero-order chi connectivity index (χ0) is 40.8. The molecule has 3 atom stereocenters. The highest BCUT2D eigenvalue weighted by Gasteiger charge is 2.63. The van der Waals surface area contributed by atoms with Gasteiger partial charge in [-0.3, -0.25) is 9.59 Å². The molecule has 0 spiro atoms. The van der Waals surface area contributed by atoms with E-state index in [4.69, 9.17) is 25.4 Å². The third-order valence-electron chi connectivity index (χ3n) is 8.76. The first-order valence-corrected chi connectivity index (χ1v) is 16.9. The first-order valence-electron chi connectivity index (χ1n) is 16.9. The number of allylic oxidation sites excluding steroid dienone is 2. The Morgan fingerprint density at radius 3 is 1.47 bits per heavy atom. The monoisotopic (exact) mass is 753 g/mol. The van der Waals surface area contributed by atoms with Crippen LogP contribution in [0.3, 0.4) is 0 Å². The number of ether oxygens (including phenoxy) is 2. The molecule has 0 saturated carbocycles. The molecule has 0 aromatic heterocycles. The average Bonchev–Trinajstić information content (AvgIpc) is 3.72. The van der Waals surface area contributed by atoms with Gasteiger partial charge in [-0.25, -0.2) is 27.2 Å². The molecule has 0 bridgehead atoms. The fourth-order valence-electron chi connectivity index (χ4n) is 5.80. The summed E-state index contributed by atoms with van der Waals surface area (Å²) in [7, 11) is 0. The summed E-state index contributed by atoms with van der Waals surface area (Å²) in [5.74, 6) is -10.5. The molecule has 4 rings (SSSR count). The molecule has 2 aliphatic rings. The molecule has 2 fully saturated rings. The fraction of sp³-hybridized carbons (Fsp3) is 0.526. The van der Waals surface area contributed by atoms with E-state index in [2.05, 4.69) is 43.5 Å². The third kappa shape index (κ3) is 10.5. The number of alkyl halides is 4. The van der Waals surface area contributed by atoms with Gasteiger partial charge < -0.3 is 35.2 Å². The second-order valence-corrected chi connectivity index (χ2v) is 15.1. The van der Waals surface area contributed by atoms with Crippen LogP contribution in [0.2, 0.25) is 0 Å². The van der Waals surface area contributed by atoms with Gasteiger partial charge in [-0.2, -0.15) is 0 Å². The molecule has 4 N–H and O–H groups in total. The van der Waals surface area contributed by atoms with Crippen LogP contribution in [-0.4, -0.2) is 93.4 Å². The standard InChI is InChI=1S/2C13H19F2NO4.C12H13N/c2*1-5-13(14,15)12(9(17)18)6-7-16(8-12)10(19)20-11(2,3)4;1-9(13)11-8-4-6-10-5-2-3-7-12(10)11/h2*5H,1,6-8H2,2-4H3,(H,17,18);2-9H,13H2,1H3/t;;9-/m..1/s1. The average molecular weight is 754 g/mol. The predicted molar refractivity (Wildman–Crippen MR) is 192 cm³/mol. The summed E-state index contributed by atoms with van der Waals surface area (Å²) >= 11 is 0. The Balaban J connectivity index is 0.000000281. The molecule has 2 aromatic carbocycles. The molecule has 2 unspecified atom stereocenters. The number of fused-ring (bicyclic) bond motifs is 1. The van der Waals surface area contributed by atoms with Crippen molar-refractivity contribution in [2.75, 3.05) is 26.2 Å². The van der Waals surface area contributed by atoms with Crippen LogP contribution in [-0.2, 0) is 19.1 Å². The van der Waals surface area contributed by atoms with Crippen LogP contribution < -0.4 is 5.73 Å². The van der Waals surface area contributed by atoms with Crippen molar-refractivity contribution in [3.63, 3.8) is 0 Å². The maximum Gasteiger partial charge on any atom is 0.410 e. The Morgan fingerprint density at radius 2 is 1.13 bits per heavy atom. The van der Waals surface area contributed by atoms with Crippen molar-refractivity contribution in [1.82, 2.24) is 9.80 Å². The largest absolute Gasteiger partial charge is 0.481 e. The maximum atomic E-state index is 13.9. The van der Waals surface area contributed by atoms with E-state index in [1.165, 1.54) is 16.3 Å². The van der Waals surface area contributed by atoms with Gasteiger partial charge in [-0.1, -0.05) is 55.6 Å². The van der Waals surface area contributed by atoms with E-state index in [0.717, 1.165) is 9.80 Å². The number of hydrogen-bond acceptors (Lipinski definition) is 7. The summed E-state index contributed by atoms with van der Waals surface area (Å²) in [5, 5.41) is 20.8. The fourth-order valence-corrected chi connectivity index (χ4v) is 5.80. The van der Waals surface area contributed by atoms with Crippen LogP contribution in [0.15, 0.2) is 67.8 Å². The Labute approximate surface area is 307 Å². The van der Waals surface area contributed by atoms with Gasteiger partial charge in [-0.15, -0.1) is 0 Å². The van der Waals surface area contributed by atoms with Gasteiger partial charge in [-0.05, 0) is 89.8 Å². The molecule has 0 radical (unpaired) electrons. The minimum Gasteiger partial charge on any atom is -0.481 e. The van der Waals surface area contributed by atoms with Gasteiger partial charge in [0.2, 0.25) is 0 Å². The van der Waals surface area contributed by atoms with E-state index < -0.39 is 71.1 Å². The number of carbonyl (C=O) groups is 4. The smallest absolute Gasteiger partial charge is 0.410 e. The number of amides is 2. The Hall–Kier alpha value is -4.66. The number of hydrogen-bond donors (Lipinski definition) is 3. The lowest BCUT2D eigenvalue weighted by atomic mass is 9.80. The zero-order valence-electron chi connectivity index (χ0n) is 31.3. The summed E-state index contributed by atoms with van der Waals surface area (Å²) in [5.41, 5.74) is 0.874. The van der Waals surface area contributed by atoms with Crippen LogP contribution in [0.25, 0.3) is 10.8 Å². The molecule has 2 heterocycles. The first-order chi connectivity index (χ1) is 24.2. The molecule has 11 nitrogen and oxygen atoms in total. The first kappa shape index (κ1) is 44.5. The van der Waals surface area contributed by atoms with E-state index in [1.807, 2.05) is 19.1 Å². The molecule has 2 saturated heterocycles. The predicted octanol–water partition coefficient (Wildman–Crippen LogP) is 7.90. The van der Waals surface area contributed by atoms with Crippen molar-refractivity contribution >= 4 is 34.9 Å². The van der Waals surface area contributed by atoms with Crippen molar-refractivity contribution in [2.45, 2.75) is 90.4 Å². The van der Waals surface area contributed by atoms with Crippen molar-refractivity contribution < 1.29 is 56.4 Å². The quantitative estimate of drug-likeness (QED) is 0.189. The van der Waals surface area contributed by atoms with Gasteiger partial charge in [0.25, 0.3) is 11.8 Å². The summed E-state index contributed by atoms with van der Waals surface area (Å²) < 4.78 is 65.6. The van der Waals surface area contributed by atoms with Crippen LogP contribution in [0, 0.1) is 10.8 Å². The molecule has 0 aliphatic carbocycles. The van der Waals surface area contributed by atoms with Gasteiger partial charge >= 0.3 is 24.1 Å². The third-order valence-corrected chi connectivity index (χ3v) is 8.76. The van der Waals surface area contributed by atoms with E-state index in [0.29, 0.717) is 12.2 Å². The topological polar surface area (TPSA) is 160 Å². The van der Waals surface area contributed by atoms with E-state index in [9.17, 15) is 36.7 Å². The lowest BCUT2D eigenvalue weighted by molar-refractivity contribution is -0.168. The number of carbonyl (C=O) groups excluding carboxylic acids is 2. The van der Waals surface area contributed by atoms with Crippen molar-refractivity contribution in [2.24, 2.45) is 16.6 Å². The van der Waals surface area contributed by atoms with Gasteiger partial charge in [0.15, 0.2) is 10.8 Å². The lowest BCUT2D eigenvalue weighted by Crippen LogP contribution is -2.49. The van der Waals surface area contributed by atoms with Gasteiger partial charge in [0, 0.05) is 32.2 Å². The molecule has 53 heavy (non-hydrogen) atoms. The SMILES string of the molecule is C=CC(F)(F)C1(C(=O)O)CCN(C(=O)OC(C)(C)C)C1.C=CC(F)(F)C1(C(=O)O)CCN(C(=O)OC(C)(C)C)C1.C[C@@H](N)c1cccc2ccccc12. The van der Waals surface area contributed by atoms with Crippen LogP contribution in [0.5, 0.6) is 0 Å². The second-order valence-electron chi connectivity index (χ2n) is 15.1. The number of aliphatic carboxylic acids is 2. The zero-order valence-corrected chi connectivity index (χ0v) is 31.3. The molecule has 15 heteroatoms. The van der Waals surface area contributed by atoms with Crippen molar-refractivity contribution in [3.05, 3.63) is 73.3 Å². The number of benzene rings is 2. The highest BCUT2D eigenvalue weighted by molar-refractivity contribution is 5.86. The van der Waals surface area contributed by atoms with Crippen molar-refractivity contribution in [3.8, 4) is 0 Å². The molecular formula is C38H51F4N3O8. The number of likely N-dealkylation sites (tertiary alicyclic amines) is 2. The summed E-state index contributed by atoms with van der Waals surface area (Å²) in [6.45, 7) is 16.5. The number of halogens is 4. The molecule has 294 valence electrons. The van der Waals surface area contributed by atoms with E-state index in [1.54, 1.807) is 41.5 Å². The summed E-state index contributed by atoms with van der Waals surface area (Å²) in [6, 6.07) is 14.7. The Kier molecular flexibility index (Phi) is 13.9. The van der Waals surface area contributed by atoms with Gasteiger partial charge in [0.05, 0.1) is 0 Å². The molecule has 2 aliphatic heterocycles. The minimum atomic E-state index is -3.60. The lowest BCUT2D eigenvalue weighted by Gasteiger charge is -2.31. The number of carboxylic acid groups (broad SMARTS) is 2. The highest BCUT2D eigenvalue weighted by Crippen LogP contribution is 2.47.